The van der Waals surface area contributed by atoms with Crippen molar-refractivity contribution in [3.63, 3.8) is 0 Å². The molecule has 0 aliphatic carbocycles. The maximum absolute atomic E-state index is 14.0. The van der Waals surface area contributed by atoms with E-state index in [1.54, 1.807) is 0 Å². The Morgan fingerprint density at radius 1 is 1.00 bits per heavy atom. The van der Waals surface area contributed by atoms with Gasteiger partial charge in [0.05, 0.1) is 15.6 Å². The van der Waals surface area contributed by atoms with Crippen molar-refractivity contribution in [1.82, 2.24) is 10.2 Å². The Hall–Kier alpha value is -2.15. The molecule has 0 aliphatic heterocycles. The molecule has 3 nitrogen and oxygen atoms in total. The predicted octanol–water partition coefficient (Wildman–Crippen LogP) is 3.69. The van der Waals surface area contributed by atoms with E-state index in [9.17, 15) is 18.0 Å². The van der Waals surface area contributed by atoms with Gasteiger partial charge in [-0.1, -0.05) is 6.07 Å². The molecule has 0 saturated carbocycles. The average Bonchev–Trinajstić information content (AvgIpc) is 2.49. The molecule has 22 heavy (non-hydrogen) atoms. The Labute approximate surface area is 130 Å². The first-order valence-electron chi connectivity index (χ1n) is 6.26. The third kappa shape index (κ3) is 2.52. The lowest BCUT2D eigenvalue weighted by atomic mass is 10.0. The maximum atomic E-state index is 14.0. The van der Waals surface area contributed by atoms with Gasteiger partial charge >= 0.3 is 0 Å². The number of aromatic nitrogens is 2. The summed E-state index contributed by atoms with van der Waals surface area (Å²) in [5, 5.41) is 5.43. The highest BCUT2D eigenvalue weighted by Crippen LogP contribution is 2.24. The van der Waals surface area contributed by atoms with Crippen molar-refractivity contribution in [2.45, 2.75) is 6.42 Å². The molecule has 0 bridgehead atoms. The van der Waals surface area contributed by atoms with Crippen LogP contribution in [0.1, 0.15) is 11.3 Å². The lowest BCUT2D eigenvalue weighted by Crippen LogP contribution is -2.14. The Balaban J connectivity index is 2.19. The summed E-state index contributed by atoms with van der Waals surface area (Å²) in [7, 11) is 0. The smallest absolute Gasteiger partial charge is 0.267 e. The summed E-state index contributed by atoms with van der Waals surface area (Å²) in [6.45, 7) is 0. The van der Waals surface area contributed by atoms with Gasteiger partial charge in [-0.2, -0.15) is 5.10 Å². The van der Waals surface area contributed by atoms with Crippen LogP contribution < -0.4 is 5.56 Å². The molecular weight excluding hydrogens is 361 g/mol. The highest BCUT2D eigenvalue weighted by molar-refractivity contribution is 9.10. The van der Waals surface area contributed by atoms with Crippen molar-refractivity contribution in [1.29, 1.82) is 0 Å². The highest BCUT2D eigenvalue weighted by atomic mass is 79.9. The van der Waals surface area contributed by atoms with E-state index in [0.29, 0.717) is 5.56 Å². The molecule has 0 spiro atoms. The lowest BCUT2D eigenvalue weighted by molar-refractivity contribution is 0.614. The molecule has 0 fully saturated rings. The SMILES string of the molecule is O=c1[nH]nc(Cc2ccc(F)c(Br)c2)c2c(F)ccc(F)c12. The minimum Gasteiger partial charge on any atom is -0.267 e. The Morgan fingerprint density at radius 3 is 2.32 bits per heavy atom. The second kappa shape index (κ2) is 5.57. The molecule has 0 atom stereocenters. The summed E-state index contributed by atoms with van der Waals surface area (Å²) in [6, 6.07) is 6.12. The Kier molecular flexibility index (Phi) is 3.74. The molecule has 2 aromatic carbocycles. The molecular formula is C15H8BrF3N2O. The lowest BCUT2D eigenvalue weighted by Gasteiger charge is -2.07. The number of halogens is 4. The third-order valence-electron chi connectivity index (χ3n) is 3.27. The first-order valence-corrected chi connectivity index (χ1v) is 7.06. The second-order valence-electron chi connectivity index (χ2n) is 4.70. The van der Waals surface area contributed by atoms with E-state index in [1.165, 1.54) is 18.2 Å². The zero-order valence-electron chi connectivity index (χ0n) is 11.0. The van der Waals surface area contributed by atoms with Crippen LogP contribution in [0.25, 0.3) is 10.8 Å². The summed E-state index contributed by atoms with van der Waals surface area (Å²) in [4.78, 5) is 11.7. The van der Waals surface area contributed by atoms with E-state index in [1.807, 2.05) is 0 Å². The average molecular weight is 369 g/mol. The van der Waals surface area contributed by atoms with Crippen molar-refractivity contribution >= 4 is 26.7 Å². The fraction of sp³-hybridized carbons (Fsp3) is 0.0667. The monoisotopic (exact) mass is 368 g/mol. The van der Waals surface area contributed by atoms with Crippen LogP contribution in [0.2, 0.25) is 0 Å². The zero-order chi connectivity index (χ0) is 15.9. The molecule has 0 radical (unpaired) electrons. The molecule has 112 valence electrons. The van der Waals surface area contributed by atoms with Gasteiger partial charge in [0.2, 0.25) is 0 Å². The molecule has 0 amide bonds. The number of fused-ring (bicyclic) bond motifs is 1. The Morgan fingerprint density at radius 2 is 1.64 bits per heavy atom. The molecule has 1 aromatic heterocycles. The van der Waals surface area contributed by atoms with Crippen LogP contribution in [0.3, 0.4) is 0 Å². The number of H-pyrrole nitrogens is 1. The predicted molar refractivity (Wildman–Crippen MR) is 79.2 cm³/mol. The fourth-order valence-corrected chi connectivity index (χ4v) is 2.68. The van der Waals surface area contributed by atoms with Gasteiger partial charge in [-0.25, -0.2) is 18.3 Å². The summed E-state index contributed by atoms with van der Waals surface area (Å²) < 4.78 is 41.3. The van der Waals surface area contributed by atoms with Crippen LogP contribution >= 0.6 is 15.9 Å². The number of rotatable bonds is 2. The van der Waals surface area contributed by atoms with Crippen molar-refractivity contribution in [3.8, 4) is 0 Å². The third-order valence-corrected chi connectivity index (χ3v) is 3.87. The maximum Gasteiger partial charge on any atom is 0.275 e. The Bertz CT molecular complexity index is 940. The number of hydrogen-bond donors (Lipinski definition) is 1. The van der Waals surface area contributed by atoms with Crippen LogP contribution in [0.15, 0.2) is 39.6 Å². The fourth-order valence-electron chi connectivity index (χ4n) is 2.26. The van der Waals surface area contributed by atoms with Crippen molar-refractivity contribution in [2.24, 2.45) is 0 Å². The van der Waals surface area contributed by atoms with Crippen LogP contribution in [0.5, 0.6) is 0 Å². The van der Waals surface area contributed by atoms with E-state index in [-0.39, 0.29) is 27.4 Å². The minimum atomic E-state index is -0.818. The van der Waals surface area contributed by atoms with Gasteiger partial charge in [0.15, 0.2) is 0 Å². The molecule has 3 aromatic rings. The normalized spacial score (nSPS) is 11.1. The van der Waals surface area contributed by atoms with Crippen LogP contribution in [0.4, 0.5) is 13.2 Å². The number of nitrogens with zero attached hydrogens (tertiary/aromatic N) is 1. The highest BCUT2D eigenvalue weighted by Gasteiger charge is 2.16. The van der Waals surface area contributed by atoms with Crippen molar-refractivity contribution in [2.75, 3.05) is 0 Å². The molecule has 0 aliphatic rings. The largest absolute Gasteiger partial charge is 0.275 e. The quantitative estimate of drug-likeness (QED) is 0.749. The molecule has 0 unspecified atom stereocenters. The van der Waals surface area contributed by atoms with E-state index in [2.05, 4.69) is 26.1 Å². The topological polar surface area (TPSA) is 45.8 Å². The standard InChI is InChI=1S/C15H8BrF3N2O/c16-8-5-7(1-2-9(8)17)6-12-13-10(18)3-4-11(19)14(13)15(22)21-20-12/h1-5H,6H2,(H,21,22). The van der Waals surface area contributed by atoms with Gasteiger partial charge in [-0.3, -0.25) is 4.79 Å². The number of nitrogens with one attached hydrogen (secondary N) is 1. The second-order valence-corrected chi connectivity index (χ2v) is 5.56. The summed E-state index contributed by atoms with van der Waals surface area (Å²) >= 11 is 3.06. The summed E-state index contributed by atoms with van der Waals surface area (Å²) in [5.41, 5.74) is 0.0129. The van der Waals surface area contributed by atoms with Gasteiger partial charge in [0.25, 0.3) is 5.56 Å². The van der Waals surface area contributed by atoms with Gasteiger partial charge in [-0.15, -0.1) is 0 Å². The van der Waals surface area contributed by atoms with Crippen LogP contribution in [0, 0.1) is 17.5 Å². The number of benzene rings is 2. The molecule has 7 heteroatoms. The zero-order valence-corrected chi connectivity index (χ0v) is 12.5. The van der Waals surface area contributed by atoms with Gasteiger partial charge in [0, 0.05) is 11.8 Å². The molecule has 1 N–H and O–H groups in total. The van der Waals surface area contributed by atoms with E-state index < -0.39 is 23.0 Å². The van der Waals surface area contributed by atoms with Crippen molar-refractivity contribution < 1.29 is 13.2 Å². The van der Waals surface area contributed by atoms with Crippen LogP contribution in [-0.2, 0) is 6.42 Å². The molecule has 3 rings (SSSR count). The first kappa shape index (κ1) is 14.8. The van der Waals surface area contributed by atoms with E-state index >= 15 is 0 Å². The first-order chi connectivity index (χ1) is 10.5. The van der Waals surface area contributed by atoms with Crippen LogP contribution in [-0.4, -0.2) is 10.2 Å². The van der Waals surface area contributed by atoms with E-state index in [0.717, 1.165) is 12.1 Å². The number of aromatic amines is 1. The van der Waals surface area contributed by atoms with Gasteiger partial charge < -0.3 is 0 Å². The van der Waals surface area contributed by atoms with E-state index in [4.69, 9.17) is 0 Å². The number of hydrogen-bond acceptors (Lipinski definition) is 2. The van der Waals surface area contributed by atoms with Gasteiger partial charge in [-0.05, 0) is 45.8 Å². The van der Waals surface area contributed by atoms with Gasteiger partial charge in [0.1, 0.15) is 17.5 Å². The summed E-state index contributed by atoms with van der Waals surface area (Å²) in [6.07, 6.45) is 0.118. The summed E-state index contributed by atoms with van der Waals surface area (Å²) in [5.74, 6) is -1.98. The molecule has 1 heterocycles. The minimum absolute atomic E-state index is 0.118. The molecule has 0 saturated heterocycles. The van der Waals surface area contributed by atoms with Crippen molar-refractivity contribution in [3.05, 3.63) is 73.9 Å².